The van der Waals surface area contributed by atoms with Gasteiger partial charge in [0.05, 0.1) is 28.4 Å². The highest BCUT2D eigenvalue weighted by molar-refractivity contribution is 7.92. The van der Waals surface area contributed by atoms with Gasteiger partial charge in [-0.2, -0.15) is 0 Å². The third-order valence-corrected chi connectivity index (χ3v) is 6.88. The van der Waals surface area contributed by atoms with Gasteiger partial charge in [0.2, 0.25) is 0 Å². The number of morpholine rings is 1. The molecule has 7 nitrogen and oxygen atoms in total. The summed E-state index contributed by atoms with van der Waals surface area (Å²) < 4.78 is 46.8. The van der Waals surface area contributed by atoms with E-state index in [0.29, 0.717) is 6.54 Å². The number of nitrogens with zero attached hydrogens (tertiary/aromatic N) is 1. The zero-order valence-corrected chi connectivity index (χ0v) is 19.6. The van der Waals surface area contributed by atoms with Gasteiger partial charge in [-0.1, -0.05) is 12.1 Å². The summed E-state index contributed by atoms with van der Waals surface area (Å²) in [6.07, 6.45) is 0.214. The van der Waals surface area contributed by atoms with Crippen LogP contribution < -0.4 is 10.0 Å². The van der Waals surface area contributed by atoms with Crippen molar-refractivity contribution in [2.24, 2.45) is 0 Å². The molecule has 0 bridgehead atoms. The van der Waals surface area contributed by atoms with Crippen molar-refractivity contribution in [1.82, 2.24) is 10.2 Å². The number of ether oxygens (including phenoxy) is 1. The molecule has 3 rings (SSSR count). The number of amides is 1. The first-order valence-corrected chi connectivity index (χ1v) is 12.0. The Balaban J connectivity index is 1.72. The van der Waals surface area contributed by atoms with Crippen molar-refractivity contribution in [2.75, 3.05) is 24.4 Å². The van der Waals surface area contributed by atoms with E-state index < -0.39 is 15.8 Å². The molecular formula is C23H30FN3O4S. The van der Waals surface area contributed by atoms with Gasteiger partial charge in [-0.3, -0.25) is 14.4 Å². The molecule has 9 heteroatoms. The van der Waals surface area contributed by atoms with E-state index in [9.17, 15) is 17.6 Å². The lowest BCUT2D eigenvalue weighted by Gasteiger charge is -2.45. The van der Waals surface area contributed by atoms with Crippen molar-refractivity contribution in [3.8, 4) is 0 Å². The van der Waals surface area contributed by atoms with Crippen LogP contribution in [0, 0.1) is 5.82 Å². The van der Waals surface area contributed by atoms with E-state index in [1.807, 2.05) is 13.8 Å². The summed E-state index contributed by atoms with van der Waals surface area (Å²) in [7, 11) is -3.98. The molecule has 0 saturated carbocycles. The fourth-order valence-corrected chi connectivity index (χ4v) is 4.84. The molecule has 2 atom stereocenters. The molecular weight excluding hydrogens is 433 g/mol. The van der Waals surface area contributed by atoms with Crippen LogP contribution in [0.4, 0.5) is 10.1 Å². The molecule has 1 aliphatic heterocycles. The molecule has 0 spiro atoms. The van der Waals surface area contributed by atoms with Gasteiger partial charge in [-0.15, -0.1) is 0 Å². The first-order valence-electron chi connectivity index (χ1n) is 10.5. The van der Waals surface area contributed by atoms with E-state index in [1.165, 1.54) is 18.2 Å². The zero-order valence-electron chi connectivity index (χ0n) is 18.8. The second-order valence-corrected chi connectivity index (χ2v) is 10.4. The lowest BCUT2D eigenvalue weighted by atomic mass is 9.99. The normalized spacial score (nSPS) is 20.0. The Labute approximate surface area is 189 Å². The maximum Gasteiger partial charge on any atom is 0.261 e. The van der Waals surface area contributed by atoms with Crippen LogP contribution >= 0.6 is 0 Å². The molecule has 1 saturated heterocycles. The maximum absolute atomic E-state index is 13.2. The van der Waals surface area contributed by atoms with E-state index in [0.717, 1.165) is 25.2 Å². The summed E-state index contributed by atoms with van der Waals surface area (Å²) in [5.41, 5.74) is 0.0447. The fourth-order valence-electron chi connectivity index (χ4n) is 3.76. The monoisotopic (exact) mass is 463 g/mol. The molecule has 32 heavy (non-hydrogen) atoms. The van der Waals surface area contributed by atoms with E-state index in [1.54, 1.807) is 18.2 Å². The number of halogens is 1. The van der Waals surface area contributed by atoms with Crippen molar-refractivity contribution in [3.63, 3.8) is 0 Å². The standard InChI is InChI=1S/C23H30FN3O4S/c1-16-13-27(14-17(2)31-16)23(3,4)15-25-22(28)20-7-5-6-8-21(20)26-32(29,30)19-11-9-18(24)10-12-19/h5-12,16-17,26H,13-15H2,1-4H3,(H,25,28). The van der Waals surface area contributed by atoms with Gasteiger partial charge in [-0.25, -0.2) is 12.8 Å². The summed E-state index contributed by atoms with van der Waals surface area (Å²) in [4.78, 5) is 15.1. The first-order chi connectivity index (χ1) is 15.0. The average molecular weight is 464 g/mol. The Bertz CT molecular complexity index is 1050. The summed E-state index contributed by atoms with van der Waals surface area (Å²) in [5.74, 6) is -0.916. The molecule has 1 heterocycles. The highest BCUT2D eigenvalue weighted by Gasteiger charge is 2.33. The Morgan fingerprint density at radius 2 is 1.69 bits per heavy atom. The van der Waals surface area contributed by atoms with Gasteiger partial charge >= 0.3 is 0 Å². The third kappa shape index (κ3) is 5.85. The lowest BCUT2D eigenvalue weighted by molar-refractivity contribution is -0.0948. The zero-order chi connectivity index (χ0) is 23.5. The number of carbonyl (C=O) groups is 1. The van der Waals surface area contributed by atoms with Crippen LogP contribution in [0.1, 0.15) is 38.1 Å². The third-order valence-electron chi connectivity index (χ3n) is 5.50. The van der Waals surface area contributed by atoms with Crippen LogP contribution in [-0.2, 0) is 14.8 Å². The number of anilines is 1. The number of hydrogen-bond donors (Lipinski definition) is 2. The largest absolute Gasteiger partial charge is 0.373 e. The highest BCUT2D eigenvalue weighted by Crippen LogP contribution is 2.23. The molecule has 2 N–H and O–H groups in total. The SMILES string of the molecule is CC1CN(C(C)(C)CNC(=O)c2ccccc2NS(=O)(=O)c2ccc(F)cc2)CC(C)O1. The van der Waals surface area contributed by atoms with Crippen LogP contribution in [0.25, 0.3) is 0 Å². The van der Waals surface area contributed by atoms with Crippen LogP contribution in [0.5, 0.6) is 0 Å². The van der Waals surface area contributed by atoms with Gasteiger partial charge in [-0.05, 0) is 64.1 Å². The van der Waals surface area contributed by atoms with Crippen molar-refractivity contribution in [1.29, 1.82) is 0 Å². The predicted octanol–water partition coefficient (Wildman–Crippen LogP) is 3.24. The Kier molecular flexibility index (Phi) is 7.22. The predicted molar refractivity (Wildman–Crippen MR) is 122 cm³/mol. The summed E-state index contributed by atoms with van der Waals surface area (Å²) >= 11 is 0. The molecule has 2 aromatic rings. The molecule has 1 amide bonds. The molecule has 174 valence electrons. The first kappa shape index (κ1) is 24.2. The van der Waals surface area contributed by atoms with Gasteiger partial charge in [0, 0.05) is 25.2 Å². The van der Waals surface area contributed by atoms with Crippen molar-refractivity contribution < 1.29 is 22.3 Å². The van der Waals surface area contributed by atoms with Crippen LogP contribution in [0.15, 0.2) is 53.4 Å². The smallest absolute Gasteiger partial charge is 0.261 e. The van der Waals surface area contributed by atoms with Crippen molar-refractivity contribution in [3.05, 3.63) is 59.9 Å². The van der Waals surface area contributed by atoms with Gasteiger partial charge < -0.3 is 10.1 Å². The van der Waals surface area contributed by atoms with E-state index in [-0.39, 0.29) is 39.8 Å². The van der Waals surface area contributed by atoms with E-state index >= 15 is 0 Å². The van der Waals surface area contributed by atoms with Crippen molar-refractivity contribution >= 4 is 21.6 Å². The molecule has 0 aliphatic carbocycles. The molecule has 1 fully saturated rings. The van der Waals surface area contributed by atoms with Gasteiger partial charge in [0.1, 0.15) is 5.82 Å². The van der Waals surface area contributed by atoms with Crippen LogP contribution in [0.3, 0.4) is 0 Å². The summed E-state index contributed by atoms with van der Waals surface area (Å²) in [6, 6.07) is 10.9. The van der Waals surface area contributed by atoms with Gasteiger partial charge in [0.25, 0.3) is 15.9 Å². The molecule has 1 aliphatic rings. The highest BCUT2D eigenvalue weighted by atomic mass is 32.2. The van der Waals surface area contributed by atoms with E-state index in [2.05, 4.69) is 28.8 Å². The topological polar surface area (TPSA) is 87.7 Å². The Morgan fingerprint density at radius 3 is 2.31 bits per heavy atom. The molecule has 0 radical (unpaired) electrons. The van der Waals surface area contributed by atoms with Crippen LogP contribution in [-0.4, -0.2) is 56.6 Å². The number of sulfonamides is 1. The van der Waals surface area contributed by atoms with Gasteiger partial charge in [0.15, 0.2) is 0 Å². The second-order valence-electron chi connectivity index (χ2n) is 8.76. The number of benzene rings is 2. The quantitative estimate of drug-likeness (QED) is 0.658. The minimum absolute atomic E-state index is 0.0919. The molecule has 2 aromatic carbocycles. The van der Waals surface area contributed by atoms with Crippen molar-refractivity contribution in [2.45, 2.75) is 50.3 Å². The lowest BCUT2D eigenvalue weighted by Crippen LogP contribution is -2.58. The minimum Gasteiger partial charge on any atom is -0.373 e. The summed E-state index contributed by atoms with van der Waals surface area (Å²) in [6.45, 7) is 10.1. The number of rotatable bonds is 7. The van der Waals surface area contributed by atoms with E-state index in [4.69, 9.17) is 4.74 Å². The number of carbonyl (C=O) groups excluding carboxylic acids is 1. The second kappa shape index (κ2) is 9.56. The Morgan fingerprint density at radius 1 is 1.09 bits per heavy atom. The molecule has 2 unspecified atom stereocenters. The average Bonchev–Trinajstić information content (AvgIpc) is 2.72. The molecule has 0 aromatic heterocycles. The fraction of sp³-hybridized carbons (Fsp3) is 0.435. The summed E-state index contributed by atoms with van der Waals surface area (Å²) in [5, 5.41) is 2.93. The Hall–Kier alpha value is -2.49. The minimum atomic E-state index is -3.98. The number of nitrogens with one attached hydrogen (secondary N) is 2. The van der Waals surface area contributed by atoms with Crippen LogP contribution in [0.2, 0.25) is 0 Å². The number of para-hydroxylation sites is 1. The maximum atomic E-state index is 13.2. The number of hydrogen-bond acceptors (Lipinski definition) is 5.